The molecule has 6 nitrogen and oxygen atoms in total. The van der Waals surface area contributed by atoms with Crippen molar-refractivity contribution in [1.82, 2.24) is 0 Å². The molecule has 0 amide bonds. The molecule has 138 valence electrons. The number of aliphatic carboxylic acids is 1. The van der Waals surface area contributed by atoms with E-state index in [9.17, 15) is 14.7 Å². The Balaban J connectivity index is 2.30. The molecule has 0 aromatic heterocycles. The lowest BCUT2D eigenvalue weighted by Gasteiger charge is -2.16. The van der Waals surface area contributed by atoms with Gasteiger partial charge in [-0.15, -0.1) is 0 Å². The van der Waals surface area contributed by atoms with Gasteiger partial charge in [-0.05, 0) is 68.1 Å². The monoisotopic (exact) mass is 485 g/mol. The normalized spacial score (nSPS) is 11.9. The Morgan fingerprint density at radius 3 is 2.31 bits per heavy atom. The van der Waals surface area contributed by atoms with E-state index in [2.05, 4.69) is 37.2 Å². The van der Waals surface area contributed by atoms with E-state index in [1.165, 1.54) is 0 Å². The van der Waals surface area contributed by atoms with Crippen molar-refractivity contribution in [2.45, 2.75) is 25.8 Å². The first kappa shape index (κ1) is 20.3. The summed E-state index contributed by atoms with van der Waals surface area (Å²) < 4.78 is 7.02. The Kier molecular flexibility index (Phi) is 6.66. The van der Waals surface area contributed by atoms with Crippen LogP contribution in [0, 0.1) is 0 Å². The van der Waals surface area contributed by atoms with E-state index in [0.717, 1.165) is 5.56 Å². The lowest BCUT2D eigenvalue weighted by Crippen LogP contribution is -2.30. The van der Waals surface area contributed by atoms with Gasteiger partial charge in [-0.3, -0.25) is 0 Å². The zero-order chi connectivity index (χ0) is 19.4. The number of ether oxygens (including phenoxy) is 1. The van der Waals surface area contributed by atoms with E-state index in [4.69, 9.17) is 9.84 Å². The van der Waals surface area contributed by atoms with Gasteiger partial charge in [-0.25, -0.2) is 4.79 Å². The second-order valence-electron chi connectivity index (χ2n) is 5.84. The number of aromatic hydroxyl groups is 1. The van der Waals surface area contributed by atoms with E-state index in [0.29, 0.717) is 32.4 Å². The molecule has 2 aromatic rings. The zero-order valence-corrected chi connectivity index (χ0v) is 17.2. The number of hydrogen-bond acceptors (Lipinski definition) is 5. The second kappa shape index (κ2) is 8.55. The minimum absolute atomic E-state index is 0.133. The number of phenolic OH excluding ortho intramolecular Hbond substituents is 1. The summed E-state index contributed by atoms with van der Waals surface area (Å²) in [4.78, 5) is 21.8. The summed E-state index contributed by atoms with van der Waals surface area (Å²) in [6, 6.07) is 6.87. The largest absolute Gasteiger partial charge is 0.508 e. The van der Waals surface area contributed by atoms with Crippen molar-refractivity contribution in [1.29, 1.82) is 0 Å². The molecule has 0 saturated carbocycles. The number of halogens is 2. The van der Waals surface area contributed by atoms with Gasteiger partial charge >= 0.3 is 5.97 Å². The van der Waals surface area contributed by atoms with Crippen LogP contribution in [0.5, 0.6) is 17.2 Å². The molecule has 0 aliphatic carbocycles. The number of carbonyl (C=O) groups excluding carboxylic acids is 1. The summed E-state index contributed by atoms with van der Waals surface area (Å²) in [6.07, 6.45) is 0.318. The van der Waals surface area contributed by atoms with E-state index in [1.807, 2.05) is 13.8 Å². The number of carboxylic acid groups (broad SMARTS) is 1. The summed E-state index contributed by atoms with van der Waals surface area (Å²) in [5, 5.41) is 21.5. The minimum Gasteiger partial charge on any atom is -0.508 e. The van der Waals surface area contributed by atoms with Gasteiger partial charge in [0.2, 0.25) is 0 Å². The van der Waals surface area contributed by atoms with Gasteiger partial charge in [0.25, 0.3) is 0 Å². The molecule has 0 fully saturated rings. The molecule has 26 heavy (non-hydrogen) atoms. The maximum absolute atomic E-state index is 11.0. The van der Waals surface area contributed by atoms with E-state index in [-0.39, 0.29) is 11.7 Å². The van der Waals surface area contributed by atoms with E-state index < -0.39 is 12.0 Å². The first-order valence-corrected chi connectivity index (χ1v) is 9.26. The standard InChI is InChI=1S/C18H17Br2NO5/c1-9(2)12-7-11(3-4-16(12)23)26-17-13(19)5-10(6-14(17)20)21-15(8-22)18(24)25/h3-9,15,21,23H,1-2H3,(H,24,25). The van der Waals surface area contributed by atoms with Gasteiger partial charge in [-0.1, -0.05) is 13.8 Å². The molecular formula is C18H17Br2NO5. The summed E-state index contributed by atoms with van der Waals surface area (Å²) in [5.74, 6) is 0.101. The highest BCUT2D eigenvalue weighted by atomic mass is 79.9. The van der Waals surface area contributed by atoms with Crippen molar-refractivity contribution in [3.8, 4) is 17.2 Å². The fourth-order valence-corrected chi connectivity index (χ4v) is 3.60. The fourth-order valence-electron chi connectivity index (χ4n) is 2.25. The lowest BCUT2D eigenvalue weighted by atomic mass is 10.0. The average Bonchev–Trinajstić information content (AvgIpc) is 2.56. The highest BCUT2D eigenvalue weighted by Crippen LogP contribution is 2.40. The smallest absolute Gasteiger partial charge is 0.333 e. The summed E-state index contributed by atoms with van der Waals surface area (Å²) in [6.45, 7) is 3.94. The molecule has 0 aliphatic heterocycles. The summed E-state index contributed by atoms with van der Waals surface area (Å²) in [5.41, 5.74) is 1.20. The topological polar surface area (TPSA) is 95.9 Å². The Hall–Kier alpha value is -2.06. The number of aldehydes is 1. The van der Waals surface area contributed by atoms with Crippen LogP contribution in [0.25, 0.3) is 0 Å². The van der Waals surface area contributed by atoms with E-state index >= 15 is 0 Å². The zero-order valence-electron chi connectivity index (χ0n) is 14.0. The third kappa shape index (κ3) is 4.76. The number of benzene rings is 2. The molecule has 0 spiro atoms. The number of hydrogen-bond donors (Lipinski definition) is 3. The second-order valence-corrected chi connectivity index (χ2v) is 7.55. The number of carboxylic acids is 1. The number of phenols is 1. The molecule has 2 rings (SSSR count). The molecule has 3 N–H and O–H groups in total. The molecule has 0 bridgehead atoms. The van der Waals surface area contributed by atoms with Gasteiger partial charge in [0.15, 0.2) is 18.1 Å². The van der Waals surface area contributed by atoms with Gasteiger partial charge < -0.3 is 25.1 Å². The lowest BCUT2D eigenvalue weighted by molar-refractivity contribution is -0.139. The Bertz CT molecular complexity index is 815. The quantitative estimate of drug-likeness (QED) is 0.380. The summed E-state index contributed by atoms with van der Waals surface area (Å²) in [7, 11) is 0. The van der Waals surface area contributed by atoms with E-state index in [1.54, 1.807) is 30.3 Å². The molecule has 2 aromatic carbocycles. The molecule has 0 radical (unpaired) electrons. The van der Waals surface area contributed by atoms with Gasteiger partial charge in [0, 0.05) is 11.3 Å². The maximum atomic E-state index is 11.0. The Morgan fingerprint density at radius 2 is 1.81 bits per heavy atom. The van der Waals surface area contributed by atoms with Gasteiger partial charge in [0.1, 0.15) is 11.5 Å². The van der Waals surface area contributed by atoms with Crippen molar-refractivity contribution in [2.75, 3.05) is 5.32 Å². The molecule has 1 atom stereocenters. The fraction of sp³-hybridized carbons (Fsp3) is 0.222. The van der Waals surface area contributed by atoms with Crippen LogP contribution >= 0.6 is 31.9 Å². The third-order valence-electron chi connectivity index (χ3n) is 3.56. The number of anilines is 1. The van der Waals surface area contributed by atoms with Crippen LogP contribution in [0.3, 0.4) is 0 Å². The molecule has 0 heterocycles. The Morgan fingerprint density at radius 1 is 1.19 bits per heavy atom. The first-order chi connectivity index (χ1) is 12.2. The first-order valence-electron chi connectivity index (χ1n) is 7.67. The predicted octanol–water partition coefficient (Wildman–Crippen LogP) is 4.90. The SMILES string of the molecule is CC(C)c1cc(Oc2c(Br)cc(NC(C=O)C(=O)O)cc2Br)ccc1O. The average molecular weight is 487 g/mol. The number of rotatable bonds is 7. The van der Waals surface area contributed by atoms with Crippen LogP contribution in [0.2, 0.25) is 0 Å². The van der Waals surface area contributed by atoms with Gasteiger partial charge in [-0.2, -0.15) is 0 Å². The third-order valence-corrected chi connectivity index (χ3v) is 4.74. The van der Waals surface area contributed by atoms with Crippen molar-refractivity contribution in [3.63, 3.8) is 0 Å². The number of carbonyl (C=O) groups is 2. The van der Waals surface area contributed by atoms with Crippen molar-refractivity contribution in [3.05, 3.63) is 44.8 Å². The predicted molar refractivity (Wildman–Crippen MR) is 105 cm³/mol. The number of nitrogens with one attached hydrogen (secondary N) is 1. The van der Waals surface area contributed by atoms with Crippen LogP contribution in [-0.2, 0) is 9.59 Å². The molecule has 8 heteroatoms. The highest BCUT2D eigenvalue weighted by molar-refractivity contribution is 9.11. The van der Waals surface area contributed by atoms with Crippen molar-refractivity contribution < 1.29 is 24.5 Å². The van der Waals surface area contributed by atoms with Crippen LogP contribution in [0.15, 0.2) is 39.3 Å². The van der Waals surface area contributed by atoms with Crippen LogP contribution in [0.4, 0.5) is 5.69 Å². The molecule has 1 unspecified atom stereocenters. The summed E-state index contributed by atoms with van der Waals surface area (Å²) >= 11 is 6.77. The molecule has 0 aliphatic rings. The van der Waals surface area contributed by atoms with Crippen molar-refractivity contribution in [2.24, 2.45) is 0 Å². The maximum Gasteiger partial charge on any atom is 0.333 e. The minimum atomic E-state index is -1.34. The molecule has 0 saturated heterocycles. The van der Waals surface area contributed by atoms with Gasteiger partial charge in [0.05, 0.1) is 8.95 Å². The van der Waals surface area contributed by atoms with Crippen molar-refractivity contribution >= 4 is 49.8 Å². The Labute approximate surface area is 167 Å². The highest BCUT2D eigenvalue weighted by Gasteiger charge is 2.18. The van der Waals surface area contributed by atoms with Crippen LogP contribution < -0.4 is 10.1 Å². The molecular weight excluding hydrogens is 470 g/mol. The van der Waals surface area contributed by atoms with Crippen LogP contribution in [0.1, 0.15) is 25.3 Å². The van der Waals surface area contributed by atoms with Crippen LogP contribution in [-0.4, -0.2) is 28.5 Å².